The lowest BCUT2D eigenvalue weighted by Crippen LogP contribution is -2.38. The number of rotatable bonds is 5. The molecule has 1 aromatic heterocycles. The highest BCUT2D eigenvalue weighted by Crippen LogP contribution is 2.02. The number of carbonyl (C=O) groups is 1. The number of aliphatic hydroxyl groups is 1. The van der Waals surface area contributed by atoms with E-state index in [4.69, 9.17) is 5.11 Å². The SMILES string of the molecule is CCC(CCO)NC(=O)Nc1ccon1. The first kappa shape index (κ1) is 11.5. The number of carbonyl (C=O) groups excluding carboxylic acids is 1. The van der Waals surface area contributed by atoms with E-state index >= 15 is 0 Å². The minimum atomic E-state index is -0.343. The van der Waals surface area contributed by atoms with Gasteiger partial charge < -0.3 is 14.9 Å². The Labute approximate surface area is 87.6 Å². The minimum Gasteiger partial charge on any atom is -0.396 e. The van der Waals surface area contributed by atoms with E-state index < -0.39 is 0 Å². The Morgan fingerprint density at radius 2 is 2.53 bits per heavy atom. The molecule has 1 heterocycles. The molecule has 0 saturated carbocycles. The first-order valence-corrected chi connectivity index (χ1v) is 4.85. The first-order valence-electron chi connectivity index (χ1n) is 4.85. The van der Waals surface area contributed by atoms with Gasteiger partial charge in [0, 0.05) is 18.7 Å². The third kappa shape index (κ3) is 3.99. The zero-order valence-corrected chi connectivity index (χ0v) is 8.56. The van der Waals surface area contributed by atoms with Crippen molar-refractivity contribution in [3.63, 3.8) is 0 Å². The van der Waals surface area contributed by atoms with Crippen molar-refractivity contribution in [1.82, 2.24) is 10.5 Å². The van der Waals surface area contributed by atoms with Crippen LogP contribution >= 0.6 is 0 Å². The molecule has 15 heavy (non-hydrogen) atoms. The second-order valence-corrected chi connectivity index (χ2v) is 3.10. The van der Waals surface area contributed by atoms with E-state index in [0.717, 1.165) is 6.42 Å². The molecule has 1 aromatic rings. The summed E-state index contributed by atoms with van der Waals surface area (Å²) in [6, 6.07) is 1.18. The van der Waals surface area contributed by atoms with Crippen LogP contribution in [0.15, 0.2) is 16.9 Å². The molecule has 0 radical (unpaired) electrons. The number of hydrogen-bond donors (Lipinski definition) is 3. The smallest absolute Gasteiger partial charge is 0.320 e. The van der Waals surface area contributed by atoms with Gasteiger partial charge in [0.15, 0.2) is 5.82 Å². The third-order valence-corrected chi connectivity index (χ3v) is 1.99. The zero-order chi connectivity index (χ0) is 11.1. The standard InChI is InChI=1S/C9H15N3O3/c1-2-7(3-5-13)10-9(14)11-8-4-6-15-12-8/h4,6-7,13H,2-3,5H2,1H3,(H2,10,11,12,14). The lowest BCUT2D eigenvalue weighted by Gasteiger charge is -2.15. The fourth-order valence-corrected chi connectivity index (χ4v) is 1.15. The quantitative estimate of drug-likeness (QED) is 0.679. The van der Waals surface area contributed by atoms with Gasteiger partial charge in [0.2, 0.25) is 0 Å². The molecule has 0 aromatic carbocycles. The Hall–Kier alpha value is -1.56. The summed E-state index contributed by atoms with van der Waals surface area (Å²) in [6.07, 6.45) is 2.69. The van der Waals surface area contributed by atoms with Crippen molar-refractivity contribution in [2.75, 3.05) is 11.9 Å². The van der Waals surface area contributed by atoms with E-state index in [2.05, 4.69) is 20.3 Å². The summed E-state index contributed by atoms with van der Waals surface area (Å²) < 4.78 is 4.56. The molecule has 0 bridgehead atoms. The van der Waals surface area contributed by atoms with E-state index in [1.54, 1.807) is 6.07 Å². The highest BCUT2D eigenvalue weighted by molar-refractivity contribution is 5.88. The number of anilines is 1. The number of hydrogen-bond acceptors (Lipinski definition) is 4. The molecule has 2 amide bonds. The second kappa shape index (κ2) is 6.02. The molecule has 1 unspecified atom stereocenters. The molecule has 0 aliphatic rings. The van der Waals surface area contributed by atoms with Gasteiger partial charge in [-0.1, -0.05) is 12.1 Å². The summed E-state index contributed by atoms with van der Waals surface area (Å²) in [5.74, 6) is 0.367. The lowest BCUT2D eigenvalue weighted by molar-refractivity contribution is 0.237. The molecule has 0 aliphatic carbocycles. The molecular weight excluding hydrogens is 198 g/mol. The topological polar surface area (TPSA) is 87.4 Å². The number of nitrogens with zero attached hydrogens (tertiary/aromatic N) is 1. The Morgan fingerprint density at radius 3 is 3.07 bits per heavy atom. The van der Waals surface area contributed by atoms with Crippen molar-refractivity contribution < 1.29 is 14.4 Å². The first-order chi connectivity index (χ1) is 7.26. The van der Waals surface area contributed by atoms with E-state index in [-0.39, 0.29) is 18.7 Å². The summed E-state index contributed by atoms with van der Waals surface area (Å²) in [4.78, 5) is 11.4. The summed E-state index contributed by atoms with van der Waals surface area (Å²) in [7, 11) is 0. The van der Waals surface area contributed by atoms with Gasteiger partial charge in [-0.15, -0.1) is 0 Å². The number of amides is 2. The van der Waals surface area contributed by atoms with E-state index in [0.29, 0.717) is 12.2 Å². The molecule has 3 N–H and O–H groups in total. The molecule has 0 saturated heterocycles. The highest BCUT2D eigenvalue weighted by Gasteiger charge is 2.10. The van der Waals surface area contributed by atoms with Gasteiger partial charge in [-0.2, -0.15) is 0 Å². The molecule has 0 aliphatic heterocycles. The number of aliphatic hydroxyl groups excluding tert-OH is 1. The van der Waals surface area contributed by atoms with E-state index in [1.807, 2.05) is 6.92 Å². The summed E-state index contributed by atoms with van der Waals surface area (Å²) in [6.45, 7) is 2.00. The maximum absolute atomic E-state index is 11.4. The highest BCUT2D eigenvalue weighted by atomic mass is 16.5. The normalized spacial score (nSPS) is 12.1. The van der Waals surface area contributed by atoms with Gasteiger partial charge in [-0.25, -0.2) is 4.79 Å². The maximum atomic E-state index is 11.4. The average molecular weight is 213 g/mol. The number of aromatic nitrogens is 1. The molecular formula is C9H15N3O3. The van der Waals surface area contributed by atoms with Crippen LogP contribution in [0.5, 0.6) is 0 Å². The Morgan fingerprint density at radius 1 is 1.73 bits per heavy atom. The molecule has 84 valence electrons. The second-order valence-electron chi connectivity index (χ2n) is 3.10. The third-order valence-electron chi connectivity index (χ3n) is 1.99. The van der Waals surface area contributed by atoms with Crippen molar-refractivity contribution in [3.05, 3.63) is 12.3 Å². The monoisotopic (exact) mass is 213 g/mol. The molecule has 1 atom stereocenters. The zero-order valence-electron chi connectivity index (χ0n) is 8.56. The number of urea groups is 1. The predicted molar refractivity (Wildman–Crippen MR) is 54.4 cm³/mol. The van der Waals surface area contributed by atoms with Crippen LogP contribution in [-0.2, 0) is 0 Å². The Bertz CT molecular complexity index is 287. The molecule has 0 spiro atoms. The lowest BCUT2D eigenvalue weighted by atomic mass is 10.2. The van der Waals surface area contributed by atoms with Crippen LogP contribution < -0.4 is 10.6 Å². The van der Waals surface area contributed by atoms with Crippen molar-refractivity contribution in [2.24, 2.45) is 0 Å². The van der Waals surface area contributed by atoms with Crippen LogP contribution in [0.3, 0.4) is 0 Å². The van der Waals surface area contributed by atoms with Crippen LogP contribution in [0, 0.1) is 0 Å². The van der Waals surface area contributed by atoms with Crippen molar-refractivity contribution in [2.45, 2.75) is 25.8 Å². The van der Waals surface area contributed by atoms with Gasteiger partial charge in [-0.05, 0) is 12.8 Å². The van der Waals surface area contributed by atoms with Gasteiger partial charge >= 0.3 is 6.03 Å². The minimum absolute atomic E-state index is 0.0260. The molecule has 6 nitrogen and oxygen atoms in total. The van der Waals surface area contributed by atoms with E-state index in [9.17, 15) is 4.79 Å². The van der Waals surface area contributed by atoms with E-state index in [1.165, 1.54) is 6.26 Å². The fraction of sp³-hybridized carbons (Fsp3) is 0.556. The fourth-order valence-electron chi connectivity index (χ4n) is 1.15. The van der Waals surface area contributed by atoms with Crippen LogP contribution in [0.1, 0.15) is 19.8 Å². The summed E-state index contributed by atoms with van der Waals surface area (Å²) >= 11 is 0. The molecule has 6 heteroatoms. The van der Waals surface area contributed by atoms with Crippen molar-refractivity contribution in [3.8, 4) is 0 Å². The summed E-state index contributed by atoms with van der Waals surface area (Å²) in [5.41, 5.74) is 0. The summed E-state index contributed by atoms with van der Waals surface area (Å²) in [5, 5.41) is 17.5. The van der Waals surface area contributed by atoms with Crippen LogP contribution in [0.4, 0.5) is 10.6 Å². The van der Waals surface area contributed by atoms with Crippen LogP contribution in [0.25, 0.3) is 0 Å². The molecule has 1 rings (SSSR count). The van der Waals surface area contributed by atoms with Crippen LogP contribution in [-0.4, -0.2) is 28.9 Å². The Kier molecular flexibility index (Phi) is 4.62. The van der Waals surface area contributed by atoms with Gasteiger partial charge in [0.05, 0.1) is 0 Å². The predicted octanol–water partition coefficient (Wildman–Crippen LogP) is 0.957. The number of nitrogens with one attached hydrogen (secondary N) is 2. The van der Waals surface area contributed by atoms with Crippen molar-refractivity contribution >= 4 is 11.8 Å². The van der Waals surface area contributed by atoms with Gasteiger partial charge in [-0.3, -0.25) is 5.32 Å². The average Bonchev–Trinajstić information content (AvgIpc) is 2.69. The molecule has 0 fully saturated rings. The van der Waals surface area contributed by atoms with Crippen molar-refractivity contribution in [1.29, 1.82) is 0 Å². The van der Waals surface area contributed by atoms with Crippen LogP contribution in [0.2, 0.25) is 0 Å². The van der Waals surface area contributed by atoms with Gasteiger partial charge in [0.25, 0.3) is 0 Å². The Balaban J connectivity index is 2.34. The van der Waals surface area contributed by atoms with Gasteiger partial charge in [0.1, 0.15) is 6.26 Å². The maximum Gasteiger partial charge on any atom is 0.320 e. The largest absolute Gasteiger partial charge is 0.396 e.